The summed E-state index contributed by atoms with van der Waals surface area (Å²) in [6.07, 6.45) is 4.95. The molecule has 1 aliphatic carbocycles. The zero-order valence-electron chi connectivity index (χ0n) is 17.2. The molecule has 0 amide bonds. The molecule has 162 valence electrons. The van der Waals surface area contributed by atoms with Crippen LogP contribution < -0.4 is 0 Å². The van der Waals surface area contributed by atoms with Crippen molar-refractivity contribution >= 4 is 11.9 Å². The lowest BCUT2D eigenvalue weighted by Crippen LogP contribution is -2.48. The Kier molecular flexibility index (Phi) is 7.42. The molecule has 6 nitrogen and oxygen atoms in total. The molecule has 0 aromatic rings. The number of carbonyl (C=O) groups excluding carboxylic acids is 2. The molecule has 1 heterocycles. The smallest absolute Gasteiger partial charge is 0.376 e. The molecule has 2 rings (SSSR count). The minimum atomic E-state index is -3.56. The van der Waals surface area contributed by atoms with Gasteiger partial charge in [0, 0.05) is 13.3 Å². The van der Waals surface area contributed by atoms with E-state index in [1.54, 1.807) is 13.8 Å². The summed E-state index contributed by atoms with van der Waals surface area (Å²) < 4.78 is 47.9. The van der Waals surface area contributed by atoms with E-state index in [0.29, 0.717) is 6.92 Å². The summed E-state index contributed by atoms with van der Waals surface area (Å²) in [5.41, 5.74) is -0.391. The summed E-state index contributed by atoms with van der Waals surface area (Å²) in [7, 11) is 0. The fourth-order valence-corrected chi connectivity index (χ4v) is 3.94. The van der Waals surface area contributed by atoms with Crippen molar-refractivity contribution in [2.75, 3.05) is 6.61 Å². The molecule has 0 spiro atoms. The predicted molar refractivity (Wildman–Crippen MR) is 96.8 cm³/mol. The Morgan fingerprint density at radius 2 is 1.71 bits per heavy atom. The van der Waals surface area contributed by atoms with E-state index in [1.165, 1.54) is 0 Å². The van der Waals surface area contributed by atoms with E-state index >= 15 is 0 Å². The Bertz CT molecular complexity index is 551. The van der Waals surface area contributed by atoms with Crippen molar-refractivity contribution in [2.45, 2.75) is 109 Å². The fraction of sp³-hybridized carbons (Fsp3) is 0.900. The Morgan fingerprint density at radius 3 is 2.29 bits per heavy atom. The van der Waals surface area contributed by atoms with Crippen LogP contribution in [0.4, 0.5) is 8.78 Å². The molecule has 2 fully saturated rings. The maximum Gasteiger partial charge on any atom is 0.376 e. The second-order valence-electron chi connectivity index (χ2n) is 8.38. The van der Waals surface area contributed by atoms with Crippen molar-refractivity contribution in [1.82, 2.24) is 0 Å². The van der Waals surface area contributed by atoms with E-state index in [1.807, 2.05) is 6.92 Å². The fourth-order valence-electron chi connectivity index (χ4n) is 3.94. The Labute approximate surface area is 165 Å². The van der Waals surface area contributed by atoms with Crippen LogP contribution in [-0.2, 0) is 28.5 Å². The Morgan fingerprint density at radius 1 is 1.11 bits per heavy atom. The molecule has 2 unspecified atom stereocenters. The summed E-state index contributed by atoms with van der Waals surface area (Å²) in [5.74, 6) is -6.51. The zero-order valence-corrected chi connectivity index (χ0v) is 17.2. The first-order valence-corrected chi connectivity index (χ1v) is 10.1. The SMILES string of the molecule is CCC1(OC(=O)CC2CC(COC(=O)C(C)(F)F)OC(C)(C)O2)CCCCC1. The molecule has 2 atom stereocenters. The number of halogens is 2. The van der Waals surface area contributed by atoms with E-state index in [4.69, 9.17) is 14.2 Å². The van der Waals surface area contributed by atoms with Gasteiger partial charge in [-0.3, -0.25) is 4.79 Å². The van der Waals surface area contributed by atoms with Crippen LogP contribution in [0, 0.1) is 0 Å². The number of hydrogen-bond donors (Lipinski definition) is 0. The summed E-state index contributed by atoms with van der Waals surface area (Å²) in [4.78, 5) is 23.8. The number of alkyl halides is 2. The Hall–Kier alpha value is -1.28. The average Bonchev–Trinajstić information content (AvgIpc) is 2.58. The maximum absolute atomic E-state index is 13.0. The lowest BCUT2D eigenvalue weighted by atomic mass is 9.82. The van der Waals surface area contributed by atoms with Gasteiger partial charge >= 0.3 is 17.9 Å². The van der Waals surface area contributed by atoms with Crippen LogP contribution in [0.1, 0.15) is 79.1 Å². The van der Waals surface area contributed by atoms with Crippen molar-refractivity contribution in [1.29, 1.82) is 0 Å². The largest absolute Gasteiger partial charge is 0.459 e. The van der Waals surface area contributed by atoms with Gasteiger partial charge in [-0.15, -0.1) is 0 Å². The quantitative estimate of drug-likeness (QED) is 0.592. The topological polar surface area (TPSA) is 71.1 Å². The van der Waals surface area contributed by atoms with Gasteiger partial charge in [0.15, 0.2) is 5.79 Å². The van der Waals surface area contributed by atoms with Gasteiger partial charge in [-0.1, -0.05) is 13.3 Å². The highest BCUT2D eigenvalue weighted by Crippen LogP contribution is 2.35. The van der Waals surface area contributed by atoms with Crippen LogP contribution in [0.15, 0.2) is 0 Å². The number of esters is 2. The predicted octanol–water partition coefficient (Wildman–Crippen LogP) is 4.14. The van der Waals surface area contributed by atoms with E-state index in [9.17, 15) is 18.4 Å². The van der Waals surface area contributed by atoms with Gasteiger partial charge < -0.3 is 18.9 Å². The molecular formula is C20H32F2O6. The van der Waals surface area contributed by atoms with Crippen LogP contribution in [0.2, 0.25) is 0 Å². The van der Waals surface area contributed by atoms with Crippen LogP contribution in [0.3, 0.4) is 0 Å². The molecule has 28 heavy (non-hydrogen) atoms. The van der Waals surface area contributed by atoms with Gasteiger partial charge in [0.25, 0.3) is 0 Å². The molecule has 8 heteroatoms. The van der Waals surface area contributed by atoms with Gasteiger partial charge in [-0.05, 0) is 46.0 Å². The van der Waals surface area contributed by atoms with E-state index < -0.39 is 35.5 Å². The maximum atomic E-state index is 13.0. The van der Waals surface area contributed by atoms with Gasteiger partial charge in [0.1, 0.15) is 12.2 Å². The minimum Gasteiger partial charge on any atom is -0.459 e. The monoisotopic (exact) mass is 406 g/mol. The highest BCUT2D eigenvalue weighted by atomic mass is 19.3. The van der Waals surface area contributed by atoms with E-state index in [2.05, 4.69) is 4.74 Å². The minimum absolute atomic E-state index is 0.0446. The van der Waals surface area contributed by atoms with Crippen molar-refractivity contribution in [2.24, 2.45) is 0 Å². The van der Waals surface area contributed by atoms with Crippen molar-refractivity contribution in [3.63, 3.8) is 0 Å². The molecule has 1 saturated carbocycles. The average molecular weight is 406 g/mol. The van der Waals surface area contributed by atoms with Crippen molar-refractivity contribution in [3.05, 3.63) is 0 Å². The summed E-state index contributed by atoms with van der Waals surface area (Å²) in [6.45, 7) is 5.53. The molecule has 0 bridgehead atoms. The number of ether oxygens (including phenoxy) is 4. The highest BCUT2D eigenvalue weighted by molar-refractivity contribution is 5.76. The first-order chi connectivity index (χ1) is 12.9. The molecule has 0 N–H and O–H groups in total. The Balaban J connectivity index is 1.91. The molecular weight excluding hydrogens is 374 g/mol. The first kappa shape index (κ1) is 23.0. The molecule has 1 saturated heterocycles. The molecule has 0 aromatic carbocycles. The molecule has 0 aromatic heterocycles. The first-order valence-electron chi connectivity index (χ1n) is 10.1. The van der Waals surface area contributed by atoms with Gasteiger partial charge in [0.2, 0.25) is 0 Å². The third kappa shape index (κ3) is 6.65. The summed E-state index contributed by atoms with van der Waals surface area (Å²) in [6, 6.07) is 0. The number of carbonyl (C=O) groups is 2. The normalized spacial score (nSPS) is 27.1. The number of rotatable bonds is 7. The third-order valence-corrected chi connectivity index (χ3v) is 5.32. The summed E-state index contributed by atoms with van der Waals surface area (Å²) in [5, 5.41) is 0. The third-order valence-electron chi connectivity index (χ3n) is 5.32. The summed E-state index contributed by atoms with van der Waals surface area (Å²) >= 11 is 0. The standard InChI is InChI=1S/C20H32F2O6/c1-5-20(9-7-6-8-10-20)28-16(23)12-14-11-15(27-18(2,3)26-14)13-25-17(24)19(4,21)22/h14-15H,5-13H2,1-4H3. The van der Waals surface area contributed by atoms with Gasteiger partial charge in [-0.2, -0.15) is 8.78 Å². The van der Waals surface area contributed by atoms with Crippen LogP contribution in [0.25, 0.3) is 0 Å². The molecule has 2 aliphatic rings. The zero-order chi connectivity index (χ0) is 21.0. The number of hydrogen-bond acceptors (Lipinski definition) is 6. The van der Waals surface area contributed by atoms with E-state index in [0.717, 1.165) is 38.5 Å². The van der Waals surface area contributed by atoms with Crippen LogP contribution in [-0.4, -0.2) is 48.1 Å². The van der Waals surface area contributed by atoms with Crippen LogP contribution >= 0.6 is 0 Å². The molecule has 1 aliphatic heterocycles. The van der Waals surface area contributed by atoms with Gasteiger partial charge in [-0.25, -0.2) is 4.79 Å². The highest BCUT2D eigenvalue weighted by Gasteiger charge is 2.41. The van der Waals surface area contributed by atoms with E-state index in [-0.39, 0.29) is 25.4 Å². The second-order valence-corrected chi connectivity index (χ2v) is 8.38. The lowest BCUT2D eigenvalue weighted by molar-refractivity contribution is -0.305. The van der Waals surface area contributed by atoms with Crippen LogP contribution in [0.5, 0.6) is 0 Å². The van der Waals surface area contributed by atoms with Crippen molar-refractivity contribution in [3.8, 4) is 0 Å². The lowest BCUT2D eigenvalue weighted by Gasteiger charge is -2.41. The second kappa shape index (κ2) is 9.03. The van der Waals surface area contributed by atoms with Crippen molar-refractivity contribution < 1.29 is 37.3 Å². The van der Waals surface area contributed by atoms with Gasteiger partial charge in [0.05, 0.1) is 18.6 Å². The molecule has 0 radical (unpaired) electrons.